The summed E-state index contributed by atoms with van der Waals surface area (Å²) in [7, 11) is 1.29. The molecule has 1 amide bonds. The summed E-state index contributed by atoms with van der Waals surface area (Å²) < 4.78 is 4.69. The number of hydrogen-bond donors (Lipinski definition) is 1. The molecule has 5 nitrogen and oxygen atoms in total. The number of ether oxygens (including phenoxy) is 1. The number of nitrogens with one attached hydrogen (secondary N) is 1. The predicted molar refractivity (Wildman–Crippen MR) is 90.6 cm³/mol. The molecule has 0 atom stereocenters. The third kappa shape index (κ3) is 3.76. The van der Waals surface area contributed by atoms with Gasteiger partial charge in [-0.2, -0.15) is 0 Å². The fraction of sp³-hybridized carbons (Fsp3) is 0.353. The van der Waals surface area contributed by atoms with Gasteiger partial charge in [-0.25, -0.2) is 9.78 Å². The van der Waals surface area contributed by atoms with Gasteiger partial charge in [0.2, 0.25) is 0 Å². The molecule has 1 aromatic heterocycles. The second-order valence-electron chi connectivity index (χ2n) is 5.92. The van der Waals surface area contributed by atoms with E-state index < -0.39 is 11.5 Å². The van der Waals surface area contributed by atoms with Crippen LogP contribution in [0.2, 0.25) is 0 Å². The van der Waals surface area contributed by atoms with E-state index in [0.717, 1.165) is 16.1 Å². The van der Waals surface area contributed by atoms with E-state index in [-0.39, 0.29) is 5.91 Å². The van der Waals surface area contributed by atoms with E-state index in [1.165, 1.54) is 30.2 Å². The maximum atomic E-state index is 12.3. The smallest absolute Gasteiger partial charge is 0.330 e. The second-order valence-corrected chi connectivity index (χ2v) is 6.95. The van der Waals surface area contributed by atoms with Gasteiger partial charge in [-0.3, -0.25) is 4.79 Å². The molecule has 122 valence electrons. The Kier molecular flexibility index (Phi) is 4.85. The molecular weight excluding hydrogens is 312 g/mol. The molecule has 0 aliphatic rings. The Morgan fingerprint density at radius 2 is 1.96 bits per heavy atom. The van der Waals surface area contributed by atoms with Crippen LogP contribution in [0.3, 0.4) is 0 Å². The van der Waals surface area contributed by atoms with Crippen LogP contribution in [-0.2, 0) is 9.53 Å². The summed E-state index contributed by atoms with van der Waals surface area (Å²) >= 11 is 1.30. The lowest BCUT2D eigenvalue weighted by atomic mass is 10.1. The molecule has 0 aliphatic heterocycles. The van der Waals surface area contributed by atoms with Gasteiger partial charge in [0.15, 0.2) is 0 Å². The van der Waals surface area contributed by atoms with E-state index in [1.54, 1.807) is 13.8 Å². The van der Waals surface area contributed by atoms with Crippen molar-refractivity contribution in [1.82, 2.24) is 10.3 Å². The SMILES string of the molecule is COC(=O)C(C)(C)NC(=O)c1cnc(-c2ccc(C)cc2C)s1. The highest BCUT2D eigenvalue weighted by molar-refractivity contribution is 7.16. The summed E-state index contributed by atoms with van der Waals surface area (Å²) in [5.74, 6) is -0.834. The van der Waals surface area contributed by atoms with Crippen molar-refractivity contribution in [1.29, 1.82) is 0 Å². The minimum Gasteiger partial charge on any atom is -0.467 e. The normalized spacial score (nSPS) is 11.2. The molecule has 6 heteroatoms. The first kappa shape index (κ1) is 17.1. The van der Waals surface area contributed by atoms with Crippen molar-refractivity contribution in [2.24, 2.45) is 0 Å². The Morgan fingerprint density at radius 1 is 1.26 bits per heavy atom. The van der Waals surface area contributed by atoms with Crippen molar-refractivity contribution in [3.63, 3.8) is 0 Å². The van der Waals surface area contributed by atoms with Crippen molar-refractivity contribution < 1.29 is 14.3 Å². The van der Waals surface area contributed by atoms with Crippen molar-refractivity contribution in [2.45, 2.75) is 33.2 Å². The number of aryl methyl sites for hydroxylation is 2. The van der Waals surface area contributed by atoms with Crippen LogP contribution in [0.4, 0.5) is 0 Å². The van der Waals surface area contributed by atoms with E-state index in [2.05, 4.69) is 21.1 Å². The van der Waals surface area contributed by atoms with Crippen LogP contribution in [0.25, 0.3) is 10.6 Å². The molecule has 23 heavy (non-hydrogen) atoms. The van der Waals surface area contributed by atoms with Gasteiger partial charge >= 0.3 is 5.97 Å². The number of carbonyl (C=O) groups excluding carboxylic acids is 2. The minimum atomic E-state index is -1.09. The second kappa shape index (κ2) is 6.50. The summed E-state index contributed by atoms with van der Waals surface area (Å²) in [5, 5.41) is 3.45. The average Bonchev–Trinajstić information content (AvgIpc) is 2.95. The maximum Gasteiger partial charge on any atom is 0.330 e. The molecule has 1 heterocycles. The summed E-state index contributed by atoms with van der Waals surface area (Å²) in [4.78, 5) is 28.8. The average molecular weight is 332 g/mol. The van der Waals surface area contributed by atoms with Crippen LogP contribution in [-0.4, -0.2) is 29.5 Å². The van der Waals surface area contributed by atoms with E-state index >= 15 is 0 Å². The van der Waals surface area contributed by atoms with Gasteiger partial charge in [0.05, 0.1) is 13.3 Å². The maximum absolute atomic E-state index is 12.3. The Labute approximate surface area is 139 Å². The van der Waals surface area contributed by atoms with Crippen LogP contribution in [0.15, 0.2) is 24.4 Å². The van der Waals surface area contributed by atoms with Crippen molar-refractivity contribution in [3.8, 4) is 10.6 Å². The number of rotatable bonds is 4. The number of carbonyl (C=O) groups is 2. The summed E-state index contributed by atoms with van der Waals surface area (Å²) in [6, 6.07) is 6.10. The third-order valence-corrected chi connectivity index (χ3v) is 4.49. The fourth-order valence-corrected chi connectivity index (χ4v) is 3.11. The lowest BCUT2D eigenvalue weighted by molar-refractivity contribution is -0.146. The highest BCUT2D eigenvalue weighted by Crippen LogP contribution is 2.28. The largest absolute Gasteiger partial charge is 0.467 e. The molecule has 0 unspecified atom stereocenters. The van der Waals surface area contributed by atoms with Crippen LogP contribution in [0, 0.1) is 13.8 Å². The van der Waals surface area contributed by atoms with E-state index in [9.17, 15) is 9.59 Å². The first-order valence-electron chi connectivity index (χ1n) is 7.19. The van der Waals surface area contributed by atoms with E-state index in [1.807, 2.05) is 26.0 Å². The summed E-state index contributed by atoms with van der Waals surface area (Å²) in [6.07, 6.45) is 1.53. The van der Waals surface area contributed by atoms with Crippen LogP contribution in [0.5, 0.6) is 0 Å². The van der Waals surface area contributed by atoms with Gasteiger partial charge in [-0.1, -0.05) is 23.8 Å². The van der Waals surface area contributed by atoms with Gasteiger partial charge in [0.1, 0.15) is 15.4 Å². The molecular formula is C17H20N2O3S. The Morgan fingerprint density at radius 3 is 2.57 bits per heavy atom. The Bertz CT molecular complexity index is 750. The minimum absolute atomic E-state index is 0.339. The number of esters is 1. The topological polar surface area (TPSA) is 68.3 Å². The molecule has 0 saturated heterocycles. The molecule has 0 aliphatic carbocycles. The van der Waals surface area contributed by atoms with Crippen LogP contribution >= 0.6 is 11.3 Å². The molecule has 0 spiro atoms. The van der Waals surface area contributed by atoms with Gasteiger partial charge in [-0.15, -0.1) is 11.3 Å². The lowest BCUT2D eigenvalue weighted by Gasteiger charge is -2.22. The van der Waals surface area contributed by atoms with Crippen LogP contribution < -0.4 is 5.32 Å². The molecule has 1 aromatic carbocycles. The zero-order valence-corrected chi connectivity index (χ0v) is 14.7. The van der Waals surface area contributed by atoms with Gasteiger partial charge in [0.25, 0.3) is 5.91 Å². The fourth-order valence-electron chi connectivity index (χ4n) is 2.21. The van der Waals surface area contributed by atoms with Gasteiger partial charge in [-0.05, 0) is 33.3 Å². The zero-order valence-electron chi connectivity index (χ0n) is 13.9. The van der Waals surface area contributed by atoms with Gasteiger partial charge < -0.3 is 10.1 Å². The van der Waals surface area contributed by atoms with Gasteiger partial charge in [0, 0.05) is 5.56 Å². The standard InChI is InChI=1S/C17H20N2O3S/c1-10-6-7-12(11(2)8-10)15-18-9-13(23-15)14(20)19-17(3,4)16(21)22-5/h6-9H,1-5H3,(H,19,20). The summed E-state index contributed by atoms with van der Waals surface area (Å²) in [6.45, 7) is 7.25. The number of nitrogens with zero attached hydrogens (tertiary/aromatic N) is 1. The Balaban J connectivity index is 2.22. The monoisotopic (exact) mass is 332 g/mol. The third-order valence-electron chi connectivity index (χ3n) is 3.46. The molecule has 0 fully saturated rings. The predicted octanol–water partition coefficient (Wildman–Crippen LogP) is 3.11. The molecule has 1 N–H and O–H groups in total. The quantitative estimate of drug-likeness (QED) is 0.874. The van der Waals surface area contributed by atoms with Crippen molar-refractivity contribution in [2.75, 3.05) is 7.11 Å². The first-order chi connectivity index (χ1) is 10.7. The number of methoxy groups -OCH3 is 1. The van der Waals surface area contributed by atoms with E-state index in [0.29, 0.717) is 4.88 Å². The molecule has 2 aromatic rings. The molecule has 0 saturated carbocycles. The van der Waals surface area contributed by atoms with Crippen molar-refractivity contribution >= 4 is 23.2 Å². The highest BCUT2D eigenvalue weighted by atomic mass is 32.1. The number of amides is 1. The number of aromatic nitrogens is 1. The van der Waals surface area contributed by atoms with E-state index in [4.69, 9.17) is 0 Å². The van der Waals surface area contributed by atoms with Crippen molar-refractivity contribution in [3.05, 3.63) is 40.4 Å². The first-order valence-corrected chi connectivity index (χ1v) is 8.00. The molecule has 2 rings (SSSR count). The van der Waals surface area contributed by atoms with Crippen LogP contribution in [0.1, 0.15) is 34.6 Å². The Hall–Kier alpha value is -2.21. The number of thiazole rings is 1. The number of hydrogen-bond acceptors (Lipinski definition) is 5. The number of benzene rings is 1. The molecule has 0 radical (unpaired) electrons. The highest BCUT2D eigenvalue weighted by Gasteiger charge is 2.31. The molecule has 0 bridgehead atoms. The zero-order chi connectivity index (χ0) is 17.2. The summed E-state index contributed by atoms with van der Waals surface area (Å²) in [5.41, 5.74) is 2.21. The lowest BCUT2D eigenvalue weighted by Crippen LogP contribution is -2.50.